The fourth-order valence-electron chi connectivity index (χ4n) is 1.12. The Labute approximate surface area is 90.7 Å². The van der Waals surface area contributed by atoms with Crippen LogP contribution in [0, 0.1) is 17.1 Å². The zero-order valence-electron chi connectivity index (χ0n) is 7.79. The number of nitrogens with zero attached hydrogens (tertiary/aromatic N) is 1. The number of hydrogen-bond acceptors (Lipinski definition) is 2. The summed E-state index contributed by atoms with van der Waals surface area (Å²) in [6, 6.07) is 4.19. The Morgan fingerprint density at radius 1 is 1.67 bits per heavy atom. The average molecular weight is 228 g/mol. The first-order valence-electron chi connectivity index (χ1n) is 4.09. The van der Waals surface area contributed by atoms with Gasteiger partial charge in [0.25, 0.3) is 0 Å². The maximum atomic E-state index is 13.3. The molecular weight excluding hydrogens is 221 g/mol. The molecule has 1 aromatic carbocycles. The van der Waals surface area contributed by atoms with Gasteiger partial charge in [-0.2, -0.15) is 5.26 Å². The molecule has 0 aliphatic heterocycles. The van der Waals surface area contributed by atoms with Crippen LogP contribution in [0.25, 0.3) is 0 Å². The molecule has 0 spiro atoms. The summed E-state index contributed by atoms with van der Waals surface area (Å²) in [5.74, 6) is -2.87. The minimum atomic E-state index is -1.10. The van der Waals surface area contributed by atoms with Gasteiger partial charge in [-0.1, -0.05) is 17.7 Å². The molecule has 1 rings (SSSR count). The zero-order chi connectivity index (χ0) is 11.6. The number of benzene rings is 1. The molecule has 15 heavy (non-hydrogen) atoms. The van der Waals surface area contributed by atoms with E-state index >= 15 is 0 Å². The van der Waals surface area contributed by atoms with E-state index in [0.29, 0.717) is 0 Å². The monoisotopic (exact) mass is 227 g/mol. The standard InChI is InChI=1S/C10H7ClFNO2/c1-5(10(14)15)7-3-2-6(4-13)9(12)8(7)11/h2-3,5H,1H3,(H,14,15). The second-order valence-corrected chi connectivity index (χ2v) is 3.38. The van der Waals surface area contributed by atoms with E-state index in [9.17, 15) is 9.18 Å². The molecule has 0 saturated heterocycles. The molecule has 0 heterocycles. The first-order valence-corrected chi connectivity index (χ1v) is 4.47. The number of nitriles is 1. The third kappa shape index (κ3) is 2.08. The molecule has 0 saturated carbocycles. The van der Waals surface area contributed by atoms with Gasteiger partial charge >= 0.3 is 5.97 Å². The van der Waals surface area contributed by atoms with Crippen LogP contribution in [0.4, 0.5) is 4.39 Å². The van der Waals surface area contributed by atoms with Crippen molar-refractivity contribution in [3.8, 4) is 6.07 Å². The summed E-state index contributed by atoms with van der Waals surface area (Å²) in [6.45, 7) is 1.40. The van der Waals surface area contributed by atoms with Crippen molar-refractivity contribution in [2.75, 3.05) is 0 Å². The predicted octanol–water partition coefficient (Wildman–Crippen LogP) is 2.54. The van der Waals surface area contributed by atoms with Crippen molar-refractivity contribution in [1.29, 1.82) is 5.26 Å². The first kappa shape index (κ1) is 11.5. The van der Waals surface area contributed by atoms with Gasteiger partial charge in [0.2, 0.25) is 0 Å². The van der Waals surface area contributed by atoms with Crippen molar-refractivity contribution in [1.82, 2.24) is 0 Å². The van der Waals surface area contributed by atoms with Gasteiger partial charge in [-0.25, -0.2) is 4.39 Å². The molecule has 1 atom stereocenters. The van der Waals surface area contributed by atoms with Crippen molar-refractivity contribution < 1.29 is 14.3 Å². The number of carboxylic acid groups (broad SMARTS) is 1. The molecule has 1 aromatic rings. The van der Waals surface area contributed by atoms with Gasteiger partial charge in [0.15, 0.2) is 5.82 Å². The van der Waals surface area contributed by atoms with Crippen LogP contribution in [0.5, 0.6) is 0 Å². The lowest BCUT2D eigenvalue weighted by Gasteiger charge is -2.09. The molecule has 78 valence electrons. The van der Waals surface area contributed by atoms with Crippen LogP contribution in [-0.4, -0.2) is 11.1 Å². The van der Waals surface area contributed by atoms with Crippen molar-refractivity contribution in [2.24, 2.45) is 0 Å². The summed E-state index contributed by atoms with van der Waals surface area (Å²) >= 11 is 5.63. The van der Waals surface area contributed by atoms with E-state index in [1.807, 2.05) is 0 Å². The Hall–Kier alpha value is -1.60. The number of halogens is 2. The summed E-state index contributed by atoms with van der Waals surface area (Å²) in [7, 11) is 0. The Kier molecular flexibility index (Phi) is 3.28. The molecule has 0 aliphatic carbocycles. The van der Waals surface area contributed by atoms with E-state index in [2.05, 4.69) is 0 Å². The number of aliphatic carboxylic acids is 1. The van der Waals surface area contributed by atoms with Crippen molar-refractivity contribution in [3.05, 3.63) is 34.1 Å². The Balaban J connectivity index is 3.31. The fraction of sp³-hybridized carbons (Fsp3) is 0.200. The van der Waals surface area contributed by atoms with Crippen molar-refractivity contribution in [2.45, 2.75) is 12.8 Å². The number of rotatable bonds is 2. The van der Waals surface area contributed by atoms with Crippen LogP contribution < -0.4 is 0 Å². The molecular formula is C10H7ClFNO2. The molecule has 0 radical (unpaired) electrons. The van der Waals surface area contributed by atoms with Gasteiger partial charge in [0, 0.05) is 0 Å². The Bertz CT molecular complexity index is 453. The fourth-order valence-corrected chi connectivity index (χ4v) is 1.45. The van der Waals surface area contributed by atoms with Crippen LogP contribution in [0.1, 0.15) is 24.0 Å². The molecule has 5 heteroatoms. The maximum absolute atomic E-state index is 13.3. The van der Waals surface area contributed by atoms with Crippen LogP contribution >= 0.6 is 11.6 Å². The van der Waals surface area contributed by atoms with Gasteiger partial charge in [-0.15, -0.1) is 0 Å². The second-order valence-electron chi connectivity index (χ2n) is 3.00. The molecule has 0 bridgehead atoms. The van der Waals surface area contributed by atoms with Gasteiger partial charge in [0.05, 0.1) is 16.5 Å². The normalized spacial score (nSPS) is 11.9. The minimum Gasteiger partial charge on any atom is -0.481 e. The van der Waals surface area contributed by atoms with E-state index in [-0.39, 0.29) is 16.1 Å². The maximum Gasteiger partial charge on any atom is 0.310 e. The third-order valence-electron chi connectivity index (χ3n) is 2.07. The summed E-state index contributed by atoms with van der Waals surface area (Å²) in [5, 5.41) is 16.9. The summed E-state index contributed by atoms with van der Waals surface area (Å²) in [6.07, 6.45) is 0. The summed E-state index contributed by atoms with van der Waals surface area (Å²) in [4.78, 5) is 10.7. The quantitative estimate of drug-likeness (QED) is 0.845. The summed E-state index contributed by atoms with van der Waals surface area (Å²) < 4.78 is 13.3. The van der Waals surface area contributed by atoms with E-state index in [1.165, 1.54) is 19.1 Å². The van der Waals surface area contributed by atoms with Gasteiger partial charge < -0.3 is 5.11 Å². The van der Waals surface area contributed by atoms with E-state index < -0.39 is 17.7 Å². The molecule has 0 fully saturated rings. The van der Waals surface area contributed by atoms with Gasteiger partial charge in [-0.05, 0) is 18.6 Å². The highest BCUT2D eigenvalue weighted by Gasteiger charge is 2.20. The van der Waals surface area contributed by atoms with E-state index in [0.717, 1.165) is 0 Å². The third-order valence-corrected chi connectivity index (χ3v) is 2.45. The van der Waals surface area contributed by atoms with Gasteiger partial charge in [-0.3, -0.25) is 4.79 Å². The smallest absolute Gasteiger partial charge is 0.310 e. The summed E-state index contributed by atoms with van der Waals surface area (Å²) in [5.41, 5.74) is -0.0259. The van der Waals surface area contributed by atoms with Crippen LogP contribution in [0.3, 0.4) is 0 Å². The highest BCUT2D eigenvalue weighted by atomic mass is 35.5. The van der Waals surface area contributed by atoms with Crippen molar-refractivity contribution >= 4 is 17.6 Å². The SMILES string of the molecule is CC(C(=O)O)c1ccc(C#N)c(F)c1Cl. The van der Waals surface area contributed by atoms with Crippen LogP contribution in [0.2, 0.25) is 5.02 Å². The van der Waals surface area contributed by atoms with Crippen LogP contribution in [-0.2, 0) is 4.79 Å². The lowest BCUT2D eigenvalue weighted by atomic mass is 10.00. The lowest BCUT2D eigenvalue weighted by Crippen LogP contribution is -2.09. The largest absolute Gasteiger partial charge is 0.481 e. The molecule has 3 nitrogen and oxygen atoms in total. The molecule has 1 N–H and O–H groups in total. The number of carboxylic acids is 1. The average Bonchev–Trinajstić information content (AvgIpc) is 2.21. The van der Waals surface area contributed by atoms with E-state index in [1.54, 1.807) is 6.07 Å². The lowest BCUT2D eigenvalue weighted by molar-refractivity contribution is -0.138. The molecule has 0 amide bonds. The highest BCUT2D eigenvalue weighted by Crippen LogP contribution is 2.28. The predicted molar refractivity (Wildman–Crippen MR) is 52.2 cm³/mol. The Morgan fingerprint density at radius 3 is 2.73 bits per heavy atom. The Morgan fingerprint density at radius 2 is 2.27 bits per heavy atom. The number of carbonyl (C=O) groups is 1. The van der Waals surface area contributed by atoms with Crippen LogP contribution in [0.15, 0.2) is 12.1 Å². The van der Waals surface area contributed by atoms with Crippen molar-refractivity contribution in [3.63, 3.8) is 0 Å². The first-order chi connectivity index (χ1) is 6.99. The highest BCUT2D eigenvalue weighted by molar-refractivity contribution is 6.31. The topological polar surface area (TPSA) is 61.1 Å². The molecule has 0 aliphatic rings. The second kappa shape index (κ2) is 4.28. The molecule has 0 aromatic heterocycles. The zero-order valence-corrected chi connectivity index (χ0v) is 8.55. The molecule has 1 unspecified atom stereocenters. The minimum absolute atomic E-state index is 0.167. The number of hydrogen-bond donors (Lipinski definition) is 1. The van der Waals surface area contributed by atoms with E-state index in [4.69, 9.17) is 22.0 Å². The van der Waals surface area contributed by atoms with Gasteiger partial charge in [0.1, 0.15) is 6.07 Å².